The Morgan fingerprint density at radius 3 is 2.50 bits per heavy atom. The fourth-order valence-corrected chi connectivity index (χ4v) is 1.93. The van der Waals surface area contributed by atoms with Crippen LogP contribution in [0, 0.1) is 0 Å². The second-order valence-electron chi connectivity index (χ2n) is 4.43. The number of aliphatic hydroxyl groups is 3. The zero-order chi connectivity index (χ0) is 13.3. The van der Waals surface area contributed by atoms with E-state index in [1.165, 1.54) is 12.1 Å². The van der Waals surface area contributed by atoms with E-state index in [0.29, 0.717) is 5.69 Å². The van der Waals surface area contributed by atoms with Gasteiger partial charge in [0, 0.05) is 11.8 Å². The standard InChI is InChI=1S/C12H17NO5/c1-6-9(15)10(16)11(17)12(18-6)13-7-3-2-4-8(14)5-7/h2-6,9-17H,1H3. The molecule has 6 nitrogen and oxygen atoms in total. The summed E-state index contributed by atoms with van der Waals surface area (Å²) >= 11 is 0. The van der Waals surface area contributed by atoms with Crippen LogP contribution in [0.4, 0.5) is 5.69 Å². The zero-order valence-corrected chi connectivity index (χ0v) is 9.89. The minimum absolute atomic E-state index is 0.0823. The first kappa shape index (κ1) is 13.1. The second kappa shape index (κ2) is 5.11. The van der Waals surface area contributed by atoms with Gasteiger partial charge < -0.3 is 30.5 Å². The molecule has 1 aliphatic rings. The monoisotopic (exact) mass is 255 g/mol. The molecule has 1 heterocycles. The van der Waals surface area contributed by atoms with E-state index in [1.54, 1.807) is 19.1 Å². The number of benzene rings is 1. The molecule has 6 heteroatoms. The van der Waals surface area contributed by atoms with Gasteiger partial charge in [-0.1, -0.05) is 6.07 Å². The van der Waals surface area contributed by atoms with Crippen LogP contribution < -0.4 is 5.32 Å². The predicted molar refractivity (Wildman–Crippen MR) is 64.1 cm³/mol. The summed E-state index contributed by atoms with van der Waals surface area (Å²) in [7, 11) is 0. The molecule has 1 aliphatic heterocycles. The molecule has 0 spiro atoms. The van der Waals surface area contributed by atoms with Crippen molar-refractivity contribution in [3.63, 3.8) is 0 Å². The minimum atomic E-state index is -1.27. The molecule has 0 saturated carbocycles. The lowest BCUT2D eigenvalue weighted by Gasteiger charge is -2.39. The SMILES string of the molecule is CC1OC(Nc2cccc(O)c2)C(O)C(O)C1O. The zero-order valence-electron chi connectivity index (χ0n) is 9.89. The summed E-state index contributed by atoms with van der Waals surface area (Å²) in [4.78, 5) is 0. The van der Waals surface area contributed by atoms with Crippen LogP contribution in [0.15, 0.2) is 24.3 Å². The van der Waals surface area contributed by atoms with Crippen molar-refractivity contribution in [1.82, 2.24) is 0 Å². The van der Waals surface area contributed by atoms with Crippen LogP contribution in [-0.2, 0) is 4.74 Å². The normalized spacial score (nSPS) is 36.3. The highest BCUT2D eigenvalue weighted by molar-refractivity contribution is 5.48. The Morgan fingerprint density at radius 2 is 1.83 bits per heavy atom. The third-order valence-corrected chi connectivity index (χ3v) is 3.01. The van der Waals surface area contributed by atoms with Gasteiger partial charge in [0.25, 0.3) is 0 Å². The van der Waals surface area contributed by atoms with Crippen LogP contribution >= 0.6 is 0 Å². The average molecular weight is 255 g/mol. The summed E-state index contributed by atoms with van der Waals surface area (Å²) in [6.45, 7) is 1.61. The third-order valence-electron chi connectivity index (χ3n) is 3.01. The predicted octanol–water partition coefficient (Wildman–Crippen LogP) is -0.368. The van der Waals surface area contributed by atoms with Crippen LogP contribution in [0.5, 0.6) is 5.75 Å². The summed E-state index contributed by atoms with van der Waals surface area (Å²) in [5, 5.41) is 41.2. The summed E-state index contributed by atoms with van der Waals surface area (Å²) < 4.78 is 5.37. The van der Waals surface area contributed by atoms with Gasteiger partial charge in [0.1, 0.15) is 24.1 Å². The molecule has 5 N–H and O–H groups in total. The largest absolute Gasteiger partial charge is 0.508 e. The molecule has 1 fully saturated rings. The number of hydrogen-bond acceptors (Lipinski definition) is 6. The van der Waals surface area contributed by atoms with Gasteiger partial charge in [-0.25, -0.2) is 0 Å². The lowest BCUT2D eigenvalue weighted by atomic mass is 9.99. The fraction of sp³-hybridized carbons (Fsp3) is 0.500. The maximum atomic E-state index is 9.80. The van der Waals surface area contributed by atoms with Crippen molar-refractivity contribution >= 4 is 5.69 Å². The Hall–Kier alpha value is -1.34. The van der Waals surface area contributed by atoms with Crippen molar-refractivity contribution in [2.45, 2.75) is 37.6 Å². The number of aliphatic hydroxyl groups excluding tert-OH is 3. The van der Waals surface area contributed by atoms with E-state index >= 15 is 0 Å². The number of aromatic hydroxyl groups is 1. The Kier molecular flexibility index (Phi) is 3.72. The van der Waals surface area contributed by atoms with Gasteiger partial charge in [0.05, 0.1) is 6.10 Å². The molecule has 0 bridgehead atoms. The highest BCUT2D eigenvalue weighted by Crippen LogP contribution is 2.24. The molecular weight excluding hydrogens is 238 g/mol. The lowest BCUT2D eigenvalue weighted by Crippen LogP contribution is -2.58. The molecule has 0 aromatic heterocycles. The number of ether oxygens (including phenoxy) is 1. The van der Waals surface area contributed by atoms with Gasteiger partial charge >= 0.3 is 0 Å². The topological polar surface area (TPSA) is 102 Å². The van der Waals surface area contributed by atoms with Crippen LogP contribution in [0.2, 0.25) is 0 Å². The first-order chi connectivity index (χ1) is 8.49. The molecule has 18 heavy (non-hydrogen) atoms. The Balaban J connectivity index is 2.09. The van der Waals surface area contributed by atoms with E-state index < -0.39 is 30.6 Å². The number of hydrogen-bond donors (Lipinski definition) is 5. The van der Waals surface area contributed by atoms with E-state index in [4.69, 9.17) is 4.74 Å². The summed E-state index contributed by atoms with van der Waals surface area (Å²) in [6, 6.07) is 6.32. The Morgan fingerprint density at radius 1 is 1.11 bits per heavy atom. The molecule has 5 atom stereocenters. The van der Waals surface area contributed by atoms with E-state index in [9.17, 15) is 20.4 Å². The first-order valence-corrected chi connectivity index (χ1v) is 5.74. The highest BCUT2D eigenvalue weighted by atomic mass is 16.5. The van der Waals surface area contributed by atoms with Crippen molar-refractivity contribution in [3.05, 3.63) is 24.3 Å². The van der Waals surface area contributed by atoms with E-state index in [2.05, 4.69) is 5.32 Å². The van der Waals surface area contributed by atoms with E-state index in [1.807, 2.05) is 0 Å². The van der Waals surface area contributed by atoms with Gasteiger partial charge in [0.15, 0.2) is 6.23 Å². The molecule has 1 aromatic carbocycles. The van der Waals surface area contributed by atoms with Crippen LogP contribution in [0.1, 0.15) is 6.92 Å². The van der Waals surface area contributed by atoms with Gasteiger partial charge in [-0.15, -0.1) is 0 Å². The van der Waals surface area contributed by atoms with Gasteiger partial charge in [-0.3, -0.25) is 0 Å². The fourth-order valence-electron chi connectivity index (χ4n) is 1.93. The number of nitrogens with one attached hydrogen (secondary N) is 1. The Labute approximate surface area is 104 Å². The van der Waals surface area contributed by atoms with Crippen molar-refractivity contribution in [2.75, 3.05) is 5.32 Å². The summed E-state index contributed by atoms with van der Waals surface area (Å²) in [5.74, 6) is 0.0823. The number of phenols is 1. The van der Waals surface area contributed by atoms with Crippen LogP contribution in [0.25, 0.3) is 0 Å². The second-order valence-corrected chi connectivity index (χ2v) is 4.43. The first-order valence-electron chi connectivity index (χ1n) is 5.74. The van der Waals surface area contributed by atoms with Crippen molar-refractivity contribution < 1.29 is 25.2 Å². The van der Waals surface area contributed by atoms with Crippen molar-refractivity contribution in [2.24, 2.45) is 0 Å². The van der Waals surface area contributed by atoms with Crippen molar-refractivity contribution in [1.29, 1.82) is 0 Å². The average Bonchev–Trinajstić information content (AvgIpc) is 2.33. The van der Waals surface area contributed by atoms with E-state index in [0.717, 1.165) is 0 Å². The molecule has 100 valence electrons. The van der Waals surface area contributed by atoms with Gasteiger partial charge in [-0.2, -0.15) is 0 Å². The number of anilines is 1. The van der Waals surface area contributed by atoms with Gasteiger partial charge in [0.2, 0.25) is 0 Å². The molecule has 5 unspecified atom stereocenters. The summed E-state index contributed by atoms with van der Waals surface area (Å²) in [5.41, 5.74) is 0.551. The summed E-state index contributed by atoms with van der Waals surface area (Å²) in [6.07, 6.45) is -5.09. The van der Waals surface area contributed by atoms with E-state index in [-0.39, 0.29) is 5.75 Å². The van der Waals surface area contributed by atoms with Crippen LogP contribution in [0.3, 0.4) is 0 Å². The molecule has 2 rings (SSSR count). The molecule has 0 aliphatic carbocycles. The Bertz CT molecular complexity index is 413. The minimum Gasteiger partial charge on any atom is -0.508 e. The quantitative estimate of drug-likeness (QED) is 0.494. The molecule has 0 radical (unpaired) electrons. The molecule has 1 aromatic rings. The maximum absolute atomic E-state index is 9.80. The van der Waals surface area contributed by atoms with Crippen molar-refractivity contribution in [3.8, 4) is 5.75 Å². The van der Waals surface area contributed by atoms with Gasteiger partial charge in [-0.05, 0) is 19.1 Å². The third kappa shape index (κ3) is 2.56. The number of rotatable bonds is 2. The smallest absolute Gasteiger partial charge is 0.157 e. The lowest BCUT2D eigenvalue weighted by molar-refractivity contribution is -0.209. The van der Waals surface area contributed by atoms with Crippen LogP contribution in [-0.4, -0.2) is 51.1 Å². The number of phenolic OH excluding ortho intramolecular Hbond substituents is 1. The maximum Gasteiger partial charge on any atom is 0.157 e. The molecule has 1 saturated heterocycles. The highest BCUT2D eigenvalue weighted by Gasteiger charge is 2.41. The molecular formula is C12H17NO5. The molecule has 0 amide bonds.